The summed E-state index contributed by atoms with van der Waals surface area (Å²) >= 11 is 6.04. The van der Waals surface area contributed by atoms with E-state index in [-0.39, 0.29) is 0 Å². The van der Waals surface area contributed by atoms with Gasteiger partial charge in [0.05, 0.1) is 12.7 Å². The molecule has 1 aromatic heterocycles. The van der Waals surface area contributed by atoms with Gasteiger partial charge in [-0.15, -0.1) is 0 Å². The fourth-order valence-corrected chi connectivity index (χ4v) is 3.41. The van der Waals surface area contributed by atoms with Crippen molar-refractivity contribution in [3.8, 4) is 11.3 Å². The molecule has 130 valence electrons. The fourth-order valence-electron chi connectivity index (χ4n) is 3.22. The minimum Gasteiger partial charge on any atom is -0.439 e. The molecule has 1 aliphatic heterocycles. The topological polar surface area (TPSA) is 32.5 Å². The van der Waals surface area contributed by atoms with Gasteiger partial charge in [0.25, 0.3) is 0 Å². The molecule has 4 nitrogen and oxygen atoms in total. The van der Waals surface area contributed by atoms with Gasteiger partial charge in [-0.25, -0.2) is 4.98 Å². The molecular formula is C19H26ClN3O. The van der Waals surface area contributed by atoms with Crippen molar-refractivity contribution in [2.24, 2.45) is 5.92 Å². The van der Waals surface area contributed by atoms with E-state index < -0.39 is 0 Å². The van der Waals surface area contributed by atoms with E-state index in [2.05, 4.69) is 28.9 Å². The Morgan fingerprint density at radius 2 is 2.08 bits per heavy atom. The molecule has 0 N–H and O–H groups in total. The summed E-state index contributed by atoms with van der Waals surface area (Å²) in [5.74, 6) is 2.43. The van der Waals surface area contributed by atoms with Gasteiger partial charge in [0, 0.05) is 10.6 Å². The highest BCUT2D eigenvalue weighted by Crippen LogP contribution is 2.25. The van der Waals surface area contributed by atoms with Gasteiger partial charge in [0.2, 0.25) is 5.89 Å². The van der Waals surface area contributed by atoms with E-state index in [4.69, 9.17) is 16.0 Å². The number of nitrogens with zero attached hydrogens (tertiary/aromatic N) is 3. The second-order valence-electron chi connectivity index (χ2n) is 6.94. The summed E-state index contributed by atoms with van der Waals surface area (Å²) < 4.78 is 5.92. The van der Waals surface area contributed by atoms with Gasteiger partial charge in [-0.2, -0.15) is 0 Å². The summed E-state index contributed by atoms with van der Waals surface area (Å²) in [7, 11) is 4.30. The van der Waals surface area contributed by atoms with Crippen LogP contribution in [0.1, 0.15) is 25.2 Å². The molecule has 24 heavy (non-hydrogen) atoms. The molecule has 0 saturated carbocycles. The lowest BCUT2D eigenvalue weighted by molar-refractivity contribution is 0.154. The van der Waals surface area contributed by atoms with Gasteiger partial charge in [0.15, 0.2) is 5.76 Å². The lowest BCUT2D eigenvalue weighted by atomic mass is 9.93. The van der Waals surface area contributed by atoms with Crippen LogP contribution in [0.5, 0.6) is 0 Å². The van der Waals surface area contributed by atoms with Crippen molar-refractivity contribution in [2.45, 2.75) is 25.8 Å². The van der Waals surface area contributed by atoms with E-state index in [1.165, 1.54) is 25.8 Å². The number of halogens is 1. The van der Waals surface area contributed by atoms with Gasteiger partial charge < -0.3 is 9.32 Å². The molecule has 0 spiro atoms. The van der Waals surface area contributed by atoms with E-state index in [9.17, 15) is 0 Å². The normalized spacial score (nSPS) is 16.8. The van der Waals surface area contributed by atoms with Crippen LogP contribution in [-0.4, -0.2) is 48.5 Å². The molecule has 0 bridgehead atoms. The van der Waals surface area contributed by atoms with Crippen LogP contribution in [0.2, 0.25) is 5.02 Å². The molecule has 0 aliphatic carbocycles. The zero-order chi connectivity index (χ0) is 16.9. The number of piperidine rings is 1. The quantitative estimate of drug-likeness (QED) is 0.785. The van der Waals surface area contributed by atoms with Crippen molar-refractivity contribution in [1.29, 1.82) is 0 Å². The molecule has 1 saturated heterocycles. The fraction of sp³-hybridized carbons (Fsp3) is 0.526. The van der Waals surface area contributed by atoms with Crippen LogP contribution < -0.4 is 0 Å². The Labute approximate surface area is 149 Å². The van der Waals surface area contributed by atoms with E-state index in [0.717, 1.165) is 42.8 Å². The van der Waals surface area contributed by atoms with Crippen LogP contribution >= 0.6 is 11.6 Å². The second kappa shape index (κ2) is 8.15. The summed E-state index contributed by atoms with van der Waals surface area (Å²) in [6, 6.07) is 7.69. The molecule has 1 aliphatic rings. The third kappa shape index (κ3) is 4.82. The zero-order valence-electron chi connectivity index (χ0n) is 14.5. The Morgan fingerprint density at radius 1 is 1.29 bits per heavy atom. The number of rotatable bonds is 6. The van der Waals surface area contributed by atoms with E-state index in [1.54, 1.807) is 6.20 Å². The number of hydrogen-bond acceptors (Lipinski definition) is 4. The number of aromatic nitrogens is 1. The Balaban J connectivity index is 1.51. The van der Waals surface area contributed by atoms with Crippen LogP contribution in [0.3, 0.4) is 0 Å². The van der Waals surface area contributed by atoms with Crippen LogP contribution in [-0.2, 0) is 6.54 Å². The maximum Gasteiger partial charge on any atom is 0.209 e. The highest BCUT2D eigenvalue weighted by Gasteiger charge is 2.20. The van der Waals surface area contributed by atoms with Crippen molar-refractivity contribution in [3.63, 3.8) is 0 Å². The molecule has 5 heteroatoms. The summed E-state index contributed by atoms with van der Waals surface area (Å²) in [6.07, 6.45) is 5.65. The molecule has 3 rings (SSSR count). The number of benzene rings is 1. The first-order valence-electron chi connectivity index (χ1n) is 8.68. The number of likely N-dealkylation sites (tertiary alicyclic amines) is 1. The third-order valence-corrected chi connectivity index (χ3v) is 4.95. The standard InChI is InChI=1S/C19H26ClN3O/c1-22(2)9-6-15-7-10-23(11-8-15)14-19-21-13-18(24-19)16-4-3-5-17(20)12-16/h3-5,12-13,15H,6-11,14H2,1-2H3. The Hall–Kier alpha value is -1.36. The van der Waals surface area contributed by atoms with E-state index in [0.29, 0.717) is 5.02 Å². The molecule has 2 aromatic rings. The predicted molar refractivity (Wildman–Crippen MR) is 98.1 cm³/mol. The number of oxazole rings is 1. The first-order chi connectivity index (χ1) is 11.6. The van der Waals surface area contributed by atoms with Crippen LogP contribution in [0.25, 0.3) is 11.3 Å². The highest BCUT2D eigenvalue weighted by molar-refractivity contribution is 6.30. The highest BCUT2D eigenvalue weighted by atomic mass is 35.5. The average molecular weight is 348 g/mol. The van der Waals surface area contributed by atoms with Crippen LogP contribution in [0.4, 0.5) is 0 Å². The van der Waals surface area contributed by atoms with Crippen molar-refractivity contribution >= 4 is 11.6 Å². The zero-order valence-corrected chi connectivity index (χ0v) is 15.3. The van der Waals surface area contributed by atoms with Crippen molar-refractivity contribution in [2.75, 3.05) is 33.7 Å². The molecule has 1 fully saturated rings. The lowest BCUT2D eigenvalue weighted by Gasteiger charge is -2.31. The minimum atomic E-state index is 0.713. The van der Waals surface area contributed by atoms with E-state index in [1.807, 2.05) is 24.3 Å². The monoisotopic (exact) mass is 347 g/mol. The molecular weight excluding hydrogens is 322 g/mol. The lowest BCUT2D eigenvalue weighted by Crippen LogP contribution is -2.34. The Morgan fingerprint density at radius 3 is 2.79 bits per heavy atom. The van der Waals surface area contributed by atoms with Gasteiger partial charge in [-0.05, 0) is 71.0 Å². The largest absolute Gasteiger partial charge is 0.439 e. The molecule has 0 radical (unpaired) electrons. The molecule has 2 heterocycles. The molecule has 0 atom stereocenters. The first-order valence-corrected chi connectivity index (χ1v) is 9.05. The van der Waals surface area contributed by atoms with Gasteiger partial charge in [-0.1, -0.05) is 23.7 Å². The smallest absolute Gasteiger partial charge is 0.209 e. The maximum absolute atomic E-state index is 6.04. The summed E-state index contributed by atoms with van der Waals surface area (Å²) in [5.41, 5.74) is 0.976. The third-order valence-electron chi connectivity index (χ3n) is 4.71. The van der Waals surface area contributed by atoms with Crippen molar-refractivity contribution in [1.82, 2.24) is 14.8 Å². The summed E-state index contributed by atoms with van der Waals surface area (Å²) in [6.45, 7) is 4.24. The maximum atomic E-state index is 6.04. The van der Waals surface area contributed by atoms with Crippen LogP contribution in [0.15, 0.2) is 34.9 Å². The second-order valence-corrected chi connectivity index (χ2v) is 7.38. The predicted octanol–water partition coefficient (Wildman–Crippen LogP) is 4.16. The minimum absolute atomic E-state index is 0.713. The summed E-state index contributed by atoms with van der Waals surface area (Å²) in [5, 5.41) is 0.713. The van der Waals surface area contributed by atoms with Gasteiger partial charge in [0.1, 0.15) is 0 Å². The van der Waals surface area contributed by atoms with Crippen molar-refractivity contribution in [3.05, 3.63) is 41.4 Å². The van der Waals surface area contributed by atoms with Gasteiger partial charge in [-0.3, -0.25) is 4.90 Å². The van der Waals surface area contributed by atoms with E-state index >= 15 is 0 Å². The molecule has 0 unspecified atom stereocenters. The molecule has 1 aromatic carbocycles. The van der Waals surface area contributed by atoms with Gasteiger partial charge >= 0.3 is 0 Å². The number of hydrogen-bond donors (Lipinski definition) is 0. The SMILES string of the molecule is CN(C)CCC1CCN(Cc2ncc(-c3cccc(Cl)c3)o2)CC1. The Bertz CT molecular complexity index is 648. The molecule has 0 amide bonds. The summed E-state index contributed by atoms with van der Waals surface area (Å²) in [4.78, 5) is 9.16. The van der Waals surface area contributed by atoms with Crippen molar-refractivity contribution < 1.29 is 4.42 Å². The first kappa shape index (κ1) is 17.5. The van der Waals surface area contributed by atoms with Crippen LogP contribution in [0, 0.1) is 5.92 Å². The Kier molecular flexibility index (Phi) is 5.93. The average Bonchev–Trinajstić information content (AvgIpc) is 3.03.